The van der Waals surface area contributed by atoms with Crippen molar-refractivity contribution < 1.29 is 9.53 Å². The maximum atomic E-state index is 10.6. The molecule has 2 aromatic rings. The first-order valence-corrected chi connectivity index (χ1v) is 6.18. The molecule has 0 spiro atoms. The van der Waals surface area contributed by atoms with Crippen molar-refractivity contribution in [2.24, 2.45) is 0 Å². The van der Waals surface area contributed by atoms with Crippen LogP contribution in [0.4, 0.5) is 0 Å². The van der Waals surface area contributed by atoms with Crippen molar-refractivity contribution in [2.45, 2.75) is 13.0 Å². The lowest BCUT2D eigenvalue weighted by Gasteiger charge is -2.11. The summed E-state index contributed by atoms with van der Waals surface area (Å²) in [4.78, 5) is 10.6. The normalized spacial score (nSPS) is 11.6. The summed E-state index contributed by atoms with van der Waals surface area (Å²) in [6, 6.07) is 15.4. The molecule has 0 fully saturated rings. The third-order valence-electron chi connectivity index (χ3n) is 2.89. The average Bonchev–Trinajstić information content (AvgIpc) is 2.48. The maximum absolute atomic E-state index is 10.6. The van der Waals surface area contributed by atoms with Gasteiger partial charge in [-0.25, -0.2) is 0 Å². The smallest absolute Gasteiger partial charge is 0.150 e. The molecular weight excluding hydrogens is 236 g/mol. The van der Waals surface area contributed by atoms with Gasteiger partial charge in [-0.05, 0) is 30.2 Å². The van der Waals surface area contributed by atoms with E-state index >= 15 is 0 Å². The first-order chi connectivity index (χ1) is 9.22. The highest BCUT2D eigenvalue weighted by molar-refractivity contribution is 5.76. The fourth-order valence-corrected chi connectivity index (χ4v) is 1.74. The fourth-order valence-electron chi connectivity index (χ4n) is 1.74. The topological polar surface area (TPSA) is 26.3 Å². The molecule has 0 aliphatic heterocycles. The van der Waals surface area contributed by atoms with Crippen LogP contribution in [0.15, 0.2) is 61.2 Å². The van der Waals surface area contributed by atoms with E-state index in [1.807, 2.05) is 55.5 Å². The van der Waals surface area contributed by atoms with Gasteiger partial charge in [0.15, 0.2) is 0 Å². The molecule has 0 heterocycles. The number of ether oxygens (including phenoxy) is 1. The zero-order valence-corrected chi connectivity index (χ0v) is 10.9. The Labute approximate surface area is 113 Å². The molecule has 1 atom stereocenters. The van der Waals surface area contributed by atoms with E-state index in [1.54, 1.807) is 6.08 Å². The molecule has 0 radical (unpaired) electrons. The predicted molar refractivity (Wildman–Crippen MR) is 77.6 cm³/mol. The molecule has 0 saturated carbocycles. The first kappa shape index (κ1) is 13.1. The maximum Gasteiger partial charge on any atom is 0.150 e. The quantitative estimate of drug-likeness (QED) is 0.591. The summed E-state index contributed by atoms with van der Waals surface area (Å²) in [5.41, 5.74) is 2.86. The van der Waals surface area contributed by atoms with Gasteiger partial charge in [0, 0.05) is 5.56 Å². The van der Waals surface area contributed by atoms with Gasteiger partial charge in [-0.3, -0.25) is 4.79 Å². The molecule has 0 aliphatic carbocycles. The average molecular weight is 252 g/mol. The van der Waals surface area contributed by atoms with Crippen LogP contribution in [0.25, 0.3) is 11.1 Å². The molecule has 0 saturated heterocycles. The Morgan fingerprint density at radius 2 is 1.53 bits per heavy atom. The second kappa shape index (κ2) is 6.01. The van der Waals surface area contributed by atoms with Crippen molar-refractivity contribution in [3.63, 3.8) is 0 Å². The van der Waals surface area contributed by atoms with E-state index in [-0.39, 0.29) is 6.10 Å². The Kier molecular flexibility index (Phi) is 4.14. The molecule has 1 unspecified atom stereocenters. The Balaban J connectivity index is 2.17. The van der Waals surface area contributed by atoms with Gasteiger partial charge in [0.05, 0.1) is 0 Å². The Hall–Kier alpha value is -2.35. The lowest BCUT2D eigenvalue weighted by atomic mass is 10.0. The van der Waals surface area contributed by atoms with Gasteiger partial charge in [0.25, 0.3) is 0 Å². The Morgan fingerprint density at radius 3 is 2.00 bits per heavy atom. The minimum atomic E-state index is -0.00211. The number of hydrogen-bond acceptors (Lipinski definition) is 2. The molecule has 0 aliphatic rings. The highest BCUT2D eigenvalue weighted by Crippen LogP contribution is 2.23. The molecule has 96 valence electrons. The molecule has 19 heavy (non-hydrogen) atoms. The van der Waals surface area contributed by atoms with Crippen molar-refractivity contribution in [3.05, 3.63) is 66.7 Å². The van der Waals surface area contributed by atoms with Crippen LogP contribution >= 0.6 is 0 Å². The number of rotatable bonds is 5. The SMILES string of the molecule is C=CC(C)Oc1ccc(-c2ccc(C=O)cc2)cc1. The molecule has 2 aromatic carbocycles. The van der Waals surface area contributed by atoms with Gasteiger partial charge in [0.2, 0.25) is 0 Å². The lowest BCUT2D eigenvalue weighted by molar-refractivity contribution is 0.112. The summed E-state index contributed by atoms with van der Waals surface area (Å²) in [7, 11) is 0. The van der Waals surface area contributed by atoms with Gasteiger partial charge < -0.3 is 4.74 Å². The number of benzene rings is 2. The van der Waals surface area contributed by atoms with Gasteiger partial charge in [-0.15, -0.1) is 0 Å². The van der Waals surface area contributed by atoms with Crippen LogP contribution in [0.5, 0.6) is 5.75 Å². The van der Waals surface area contributed by atoms with Crippen molar-refractivity contribution in [1.82, 2.24) is 0 Å². The monoisotopic (exact) mass is 252 g/mol. The van der Waals surface area contributed by atoms with Crippen molar-refractivity contribution in [2.75, 3.05) is 0 Å². The summed E-state index contributed by atoms with van der Waals surface area (Å²) in [5.74, 6) is 0.820. The third-order valence-corrected chi connectivity index (χ3v) is 2.89. The second-order valence-electron chi connectivity index (χ2n) is 4.32. The third kappa shape index (κ3) is 3.32. The van der Waals surface area contributed by atoms with Crippen LogP contribution in [0.1, 0.15) is 17.3 Å². The summed E-state index contributed by atoms with van der Waals surface area (Å²) >= 11 is 0. The van der Waals surface area contributed by atoms with Gasteiger partial charge in [-0.1, -0.05) is 49.1 Å². The first-order valence-electron chi connectivity index (χ1n) is 6.18. The number of hydrogen-bond donors (Lipinski definition) is 0. The molecule has 2 nitrogen and oxygen atoms in total. The number of carbonyl (C=O) groups is 1. The van der Waals surface area contributed by atoms with E-state index in [9.17, 15) is 4.79 Å². The van der Waals surface area contributed by atoms with Crippen LogP contribution < -0.4 is 4.74 Å². The summed E-state index contributed by atoms with van der Waals surface area (Å²) < 4.78 is 5.63. The summed E-state index contributed by atoms with van der Waals surface area (Å²) in [6.07, 6.45) is 2.60. The second-order valence-corrected chi connectivity index (χ2v) is 4.32. The molecule has 0 amide bonds. The van der Waals surface area contributed by atoms with Gasteiger partial charge >= 0.3 is 0 Å². The zero-order chi connectivity index (χ0) is 13.7. The summed E-state index contributed by atoms with van der Waals surface area (Å²) in [5, 5.41) is 0. The molecular formula is C17H16O2. The highest BCUT2D eigenvalue weighted by atomic mass is 16.5. The van der Waals surface area contributed by atoms with E-state index in [0.29, 0.717) is 5.56 Å². The largest absolute Gasteiger partial charge is 0.487 e. The van der Waals surface area contributed by atoms with Crippen LogP contribution in [0.2, 0.25) is 0 Å². The minimum absolute atomic E-state index is 0.00211. The summed E-state index contributed by atoms with van der Waals surface area (Å²) in [6.45, 7) is 5.63. The van der Waals surface area contributed by atoms with E-state index in [1.165, 1.54) is 0 Å². The fraction of sp³-hybridized carbons (Fsp3) is 0.118. The van der Waals surface area contributed by atoms with Crippen LogP contribution in [-0.4, -0.2) is 12.4 Å². The van der Waals surface area contributed by atoms with E-state index in [0.717, 1.165) is 23.2 Å². The van der Waals surface area contributed by atoms with Crippen LogP contribution in [0.3, 0.4) is 0 Å². The van der Waals surface area contributed by atoms with E-state index < -0.39 is 0 Å². The molecule has 2 rings (SSSR count). The predicted octanol–water partition coefficient (Wildman–Crippen LogP) is 4.12. The van der Waals surface area contributed by atoms with Gasteiger partial charge in [-0.2, -0.15) is 0 Å². The molecule has 2 heteroatoms. The molecule has 0 bridgehead atoms. The van der Waals surface area contributed by atoms with Crippen LogP contribution in [0, 0.1) is 0 Å². The van der Waals surface area contributed by atoms with Crippen LogP contribution in [-0.2, 0) is 0 Å². The highest BCUT2D eigenvalue weighted by Gasteiger charge is 2.01. The number of aldehydes is 1. The lowest BCUT2D eigenvalue weighted by Crippen LogP contribution is -2.06. The van der Waals surface area contributed by atoms with Crippen molar-refractivity contribution in [1.29, 1.82) is 0 Å². The van der Waals surface area contributed by atoms with E-state index in [2.05, 4.69) is 6.58 Å². The Morgan fingerprint density at radius 1 is 1.00 bits per heavy atom. The standard InChI is InChI=1S/C17H16O2/c1-3-13(2)19-17-10-8-16(9-11-17)15-6-4-14(12-18)5-7-15/h3-13H,1H2,2H3. The van der Waals surface area contributed by atoms with E-state index in [4.69, 9.17) is 4.74 Å². The molecule has 0 N–H and O–H groups in total. The molecule has 0 aromatic heterocycles. The van der Waals surface area contributed by atoms with Crippen molar-refractivity contribution >= 4 is 6.29 Å². The zero-order valence-electron chi connectivity index (χ0n) is 10.9. The van der Waals surface area contributed by atoms with Crippen molar-refractivity contribution in [3.8, 4) is 16.9 Å². The Bertz CT molecular complexity index is 553. The number of carbonyl (C=O) groups excluding carboxylic acids is 1. The van der Waals surface area contributed by atoms with Gasteiger partial charge in [0.1, 0.15) is 18.1 Å². The minimum Gasteiger partial charge on any atom is -0.487 e.